The largest absolute Gasteiger partial charge is 0.490 e. The van der Waals surface area contributed by atoms with E-state index in [0.717, 1.165) is 51.4 Å². The van der Waals surface area contributed by atoms with Gasteiger partial charge >= 0.3 is 23.9 Å². The number of hydrogen-bond acceptors (Lipinski definition) is 27. The first kappa shape index (κ1) is 94.9. The number of nitrogens with zero attached hydrogens (tertiary/aromatic N) is 5. The molecule has 6 heterocycles. The number of aromatic nitrogens is 4. The van der Waals surface area contributed by atoms with Crippen LogP contribution in [-0.4, -0.2) is 200 Å². The van der Waals surface area contributed by atoms with Gasteiger partial charge in [0.2, 0.25) is 11.8 Å². The lowest BCUT2D eigenvalue weighted by atomic mass is 9.77. The Hall–Kier alpha value is -9.77. The highest BCUT2D eigenvalue weighted by atomic mass is 79.9. The Morgan fingerprint density at radius 2 is 1.09 bits per heavy atom. The summed E-state index contributed by atoms with van der Waals surface area (Å²) in [5.74, 6) is -2.59. The summed E-state index contributed by atoms with van der Waals surface area (Å²) in [5, 5.41) is 18.3. The summed E-state index contributed by atoms with van der Waals surface area (Å²) < 4.78 is 88.8. The zero-order valence-corrected chi connectivity index (χ0v) is 78.3. The molecule has 3 aromatic carbocycles. The molecule has 8 saturated carbocycles. The summed E-state index contributed by atoms with van der Waals surface area (Å²) >= 11 is 16.7. The highest BCUT2D eigenvalue weighted by molar-refractivity contribution is 9.10. The number of pyridine rings is 2. The summed E-state index contributed by atoms with van der Waals surface area (Å²) in [6, 6.07) is 15.5. The summed E-state index contributed by atoms with van der Waals surface area (Å²) in [7, 11) is 0.209. The highest BCUT2D eigenvalue weighted by Crippen LogP contribution is 2.59. The number of carboxylic acids is 1. The normalized spacial score (nSPS) is 26.0. The monoisotopic (exact) mass is 1910 g/mol. The second-order valence-electron chi connectivity index (χ2n) is 38.5. The van der Waals surface area contributed by atoms with E-state index in [1.807, 2.05) is 41.5 Å². The fraction of sp³-hybridized carbons (Fsp3) is 0.558. The number of anilines is 2. The molecule has 2 unspecified atom stereocenters. The number of nitrogens with one attached hydrogen (secondary N) is 3. The molecule has 698 valence electrons. The summed E-state index contributed by atoms with van der Waals surface area (Å²) in [6.45, 7) is 20.0. The second-order valence-corrected chi connectivity index (χ2v) is 41.7. The molecule has 130 heavy (non-hydrogen) atoms. The fourth-order valence-corrected chi connectivity index (χ4v) is 20.6. The van der Waals surface area contributed by atoms with E-state index < -0.39 is 103 Å². The lowest BCUT2D eigenvalue weighted by molar-refractivity contribution is -0.157. The smallest absolute Gasteiger partial charge is 0.312 e. The molecule has 35 heteroatoms. The van der Waals surface area contributed by atoms with Crippen LogP contribution in [-0.2, 0) is 76.3 Å². The number of halogens is 3. The van der Waals surface area contributed by atoms with Crippen molar-refractivity contribution in [2.45, 2.75) is 211 Å². The number of allylic oxidation sites excluding steroid dienone is 2. The SMILES string of the molecule is C=C[C@@H]1C[C@]1(CC(=O)[C@@H]1C[C@@H](Oc2cc(-c3coc(NC4CC4)n3)nc3c(Cl)c(OCCOC)ccc23)CN1C(=O)[C@@H](CC(=O)OC1C[C@@H]2C[C@@H]2C1)C(C)(C)C)C(=O)O.C=C[C@@H]1C[C@]1(CC(=O)[C@@H]1C[C@H](OS(=O)(=O)c2ccc(Br)cc2)CN1C(=O)[C@@H](CC(=O)OC1C[C@@H]2C[C@@H]2C1)C(C)(C)C)C(=O)OC.COCCOc1ccc2c(=O)cc(-c3coc(NC4CC4)n3)[nH]c2c1Cl. The van der Waals surface area contributed by atoms with E-state index in [1.54, 1.807) is 68.8 Å². The number of methoxy groups -OCH3 is 3. The average Bonchev–Trinajstić information content (AvgIpc) is 1.57. The number of aliphatic carboxylic acids is 1. The third-order valence-corrected chi connectivity index (χ3v) is 29.6. The molecule has 31 nitrogen and oxygen atoms in total. The number of fused-ring (bicyclic) bond motifs is 4. The quantitative estimate of drug-likeness (QED) is 0.00923. The number of carboxylic acid groups (broad SMARTS) is 1. The third-order valence-electron chi connectivity index (χ3n) is 27.0. The Bertz CT molecular complexity index is 5650. The van der Waals surface area contributed by atoms with E-state index in [9.17, 15) is 56.7 Å². The van der Waals surface area contributed by atoms with Crippen LogP contribution in [0.1, 0.15) is 157 Å². The zero-order chi connectivity index (χ0) is 92.8. The van der Waals surface area contributed by atoms with Gasteiger partial charge in [0.25, 0.3) is 22.1 Å². The molecule has 4 N–H and O–H groups in total. The van der Waals surface area contributed by atoms with E-state index in [-0.39, 0.29) is 109 Å². The number of carbonyl (C=O) groups is 8. The van der Waals surface area contributed by atoms with Crippen molar-refractivity contribution in [2.24, 2.45) is 69.0 Å². The number of H-pyrrole nitrogens is 1. The number of oxazole rings is 2. The van der Waals surface area contributed by atoms with Gasteiger partial charge in [-0.1, -0.05) is 92.8 Å². The van der Waals surface area contributed by atoms with Crippen molar-refractivity contribution in [2.75, 3.05) is 71.5 Å². The molecular weight excluding hydrogens is 1800 g/mol. The molecule has 17 rings (SSSR count). The van der Waals surface area contributed by atoms with Crippen molar-refractivity contribution < 1.29 is 103 Å². The minimum atomic E-state index is -4.23. The van der Waals surface area contributed by atoms with Crippen LogP contribution in [0.25, 0.3) is 44.6 Å². The van der Waals surface area contributed by atoms with Crippen molar-refractivity contribution in [1.29, 1.82) is 0 Å². The molecule has 4 aromatic heterocycles. The van der Waals surface area contributed by atoms with E-state index in [1.165, 1.54) is 60.5 Å². The predicted molar refractivity (Wildman–Crippen MR) is 483 cm³/mol. The molecule has 10 aliphatic rings. The number of likely N-dealkylation sites (tertiary alicyclic amines) is 2. The maximum atomic E-state index is 14.8. The molecule has 0 radical (unpaired) electrons. The molecule has 7 aromatic rings. The number of rotatable bonds is 37. The van der Waals surface area contributed by atoms with Gasteiger partial charge in [-0.25, -0.2) is 4.98 Å². The Balaban J connectivity index is 0.000000161. The van der Waals surface area contributed by atoms with Crippen molar-refractivity contribution in [3.63, 3.8) is 0 Å². The van der Waals surface area contributed by atoms with E-state index in [0.29, 0.717) is 152 Å². The van der Waals surface area contributed by atoms with Crippen LogP contribution in [0, 0.1) is 69.0 Å². The van der Waals surface area contributed by atoms with Gasteiger partial charge in [0.05, 0.1) is 108 Å². The maximum absolute atomic E-state index is 14.8. The lowest BCUT2D eigenvalue weighted by Gasteiger charge is -2.35. The first-order chi connectivity index (χ1) is 61.9. The van der Waals surface area contributed by atoms with Gasteiger partial charge in [-0.05, 0) is 172 Å². The van der Waals surface area contributed by atoms with Gasteiger partial charge in [0.1, 0.15) is 82.7 Å². The van der Waals surface area contributed by atoms with Gasteiger partial charge in [0, 0.05) is 85.9 Å². The molecule has 16 atom stereocenters. The third kappa shape index (κ3) is 21.8. The molecule has 2 amide bonds. The van der Waals surface area contributed by atoms with Gasteiger partial charge in [-0.15, -0.1) is 13.2 Å². The summed E-state index contributed by atoms with van der Waals surface area (Å²) in [6.07, 6.45) is 14.2. The van der Waals surface area contributed by atoms with Gasteiger partial charge < -0.3 is 77.3 Å². The minimum absolute atomic E-state index is 0.0122. The Kier molecular flexibility index (Phi) is 28.3. The van der Waals surface area contributed by atoms with E-state index >= 15 is 0 Å². The molecule has 2 aliphatic heterocycles. The van der Waals surface area contributed by atoms with Crippen molar-refractivity contribution >= 4 is 130 Å². The molecular formula is C95H113BrCl2N8O23S. The Morgan fingerprint density at radius 1 is 0.608 bits per heavy atom. The lowest BCUT2D eigenvalue weighted by Crippen LogP contribution is -2.48. The summed E-state index contributed by atoms with van der Waals surface area (Å²) in [4.78, 5) is 141. The van der Waals surface area contributed by atoms with Gasteiger partial charge in [-0.2, -0.15) is 18.4 Å². The van der Waals surface area contributed by atoms with Crippen LogP contribution in [0.3, 0.4) is 0 Å². The van der Waals surface area contributed by atoms with Crippen LogP contribution >= 0.6 is 39.1 Å². The number of Topliss-reactive ketones (excluding diaryl/α,β-unsaturated/α-hetero) is 2. The number of aromatic amines is 1. The van der Waals surface area contributed by atoms with Crippen molar-refractivity contribution in [3.8, 4) is 40.0 Å². The molecule has 10 fully saturated rings. The number of hydrogen-bond donors (Lipinski definition) is 4. The Morgan fingerprint density at radius 3 is 1.58 bits per heavy atom. The molecule has 0 bridgehead atoms. The van der Waals surface area contributed by atoms with Gasteiger partial charge in [-0.3, -0.25) is 47.3 Å². The van der Waals surface area contributed by atoms with Crippen LogP contribution < -0.4 is 30.3 Å². The first-order valence-electron chi connectivity index (χ1n) is 44.6. The average molecular weight is 1920 g/mol. The molecule has 8 aliphatic carbocycles. The van der Waals surface area contributed by atoms with E-state index in [2.05, 4.69) is 54.7 Å². The van der Waals surface area contributed by atoms with Gasteiger partial charge in [0.15, 0.2) is 17.0 Å². The number of benzene rings is 3. The number of ether oxygens (including phenoxy) is 8. The van der Waals surface area contributed by atoms with Crippen LogP contribution in [0.2, 0.25) is 10.0 Å². The van der Waals surface area contributed by atoms with Crippen LogP contribution in [0.5, 0.6) is 17.2 Å². The standard InChI is InChI=1S/C44H53ClN4O10.C33H42BrNO9S.C18H18ClN3O4/c1-6-25-19-44(25,41(53)54)20-34(50)33-16-28(21-49(33)40(52)30(43(2,3)4)17-37(51)59-27-14-23-13-24(23)15-27)58-36-18-31(32-22-57-42(48-32)46-26-7-8-26)47-39-29(36)9-10-35(38(39)45)56-12-11-55-5;1-6-21-16-33(21,31(39)42-5)17-28(36)27-14-24(44-45(40,41)25-9-7-22(34)8-10-25)18-35(27)30(38)26(32(2,3)4)15-29(37)43-23-12-19-11-20(19)13-23;1-24-6-7-25-15-5-4-11-14(23)8-12(21-17(11)16(15)19)13-9-26-18(22-13)20-10-2-3-10/h6,9-10,18,22-28,30,33H,1,7-8,11-17,19-21H2,2-5H3,(H,46,48)(H,53,54);6-10,19-21,23-24,26-27H,1,11-18H2,2-5H3;4-5,8-10H,2-3,6-7H2,1H3,(H,20,22)(H,21,23)/t23-,24+,25-,27?,28-,30-,33+,44-;19-,20+,21-,23?,24+,26-,27+,33-;/m11./s1. The maximum Gasteiger partial charge on any atom is 0.312 e. The van der Waals surface area contributed by atoms with Crippen molar-refractivity contribution in [1.82, 2.24) is 29.7 Å². The highest BCUT2D eigenvalue weighted by Gasteiger charge is 2.63. The fourth-order valence-electron chi connectivity index (χ4n) is 18.7. The first-order valence-corrected chi connectivity index (χ1v) is 47.5. The Labute approximate surface area is 772 Å². The van der Waals surface area contributed by atoms with Crippen LogP contribution in [0.15, 0.2) is 121 Å². The van der Waals surface area contributed by atoms with Crippen molar-refractivity contribution in [3.05, 3.63) is 123 Å². The van der Waals surface area contributed by atoms with Crippen LogP contribution in [0.4, 0.5) is 12.0 Å². The molecule has 2 saturated heterocycles. The number of ketones is 2. The number of carbonyl (C=O) groups excluding carboxylic acids is 7. The topological polar surface area (TPSA) is 402 Å². The second kappa shape index (κ2) is 38.8. The predicted octanol–water partition coefficient (Wildman–Crippen LogP) is 15.4. The van der Waals surface area contributed by atoms with E-state index in [4.69, 9.17) is 79.1 Å². The minimum Gasteiger partial charge on any atom is -0.490 e. The number of esters is 3. The molecule has 0 spiro atoms. The summed E-state index contributed by atoms with van der Waals surface area (Å²) in [5.41, 5.74) is -1.05. The zero-order valence-electron chi connectivity index (χ0n) is 74.4. The number of amides is 2.